The van der Waals surface area contributed by atoms with Crippen LogP contribution in [0.3, 0.4) is 0 Å². The van der Waals surface area contributed by atoms with Gasteiger partial charge in [-0.2, -0.15) is 0 Å². The molecule has 0 aromatic heterocycles. The predicted molar refractivity (Wildman–Crippen MR) is 126 cm³/mol. The van der Waals surface area contributed by atoms with Crippen molar-refractivity contribution in [2.45, 2.75) is 136 Å². The monoisotopic (exact) mass is 426 g/mol. The summed E-state index contributed by atoms with van der Waals surface area (Å²) in [6, 6.07) is 0. The van der Waals surface area contributed by atoms with Crippen LogP contribution in [0.2, 0.25) is 0 Å². The summed E-state index contributed by atoms with van der Waals surface area (Å²) in [5, 5.41) is 0. The van der Waals surface area contributed by atoms with E-state index < -0.39 is 0 Å². The highest BCUT2D eigenvalue weighted by molar-refractivity contribution is 5.79. The Balaban J connectivity index is 4.23. The highest BCUT2D eigenvalue weighted by Gasteiger charge is 2.23. The van der Waals surface area contributed by atoms with Gasteiger partial charge in [0.1, 0.15) is 0 Å². The van der Waals surface area contributed by atoms with Crippen molar-refractivity contribution < 1.29 is 19.1 Å². The lowest BCUT2D eigenvalue weighted by Crippen LogP contribution is -2.23. The molecule has 4 heteroatoms. The fraction of sp³-hybridized carbons (Fsp3) is 0.923. The zero-order valence-electron chi connectivity index (χ0n) is 20.4. The van der Waals surface area contributed by atoms with E-state index in [1.165, 1.54) is 64.2 Å². The molecule has 0 aliphatic heterocycles. The maximum Gasteiger partial charge on any atom is 0.309 e. The Bertz CT molecular complexity index is 394. The predicted octanol–water partition coefficient (Wildman–Crippen LogP) is 7.77. The van der Waals surface area contributed by atoms with Crippen LogP contribution in [-0.2, 0) is 19.1 Å². The Morgan fingerprint density at radius 3 is 1.53 bits per heavy atom. The van der Waals surface area contributed by atoms with Crippen LogP contribution in [0.25, 0.3) is 0 Å². The van der Waals surface area contributed by atoms with Crippen molar-refractivity contribution in [1.29, 1.82) is 0 Å². The van der Waals surface area contributed by atoms with E-state index in [4.69, 9.17) is 9.47 Å². The molecule has 1 unspecified atom stereocenters. The summed E-state index contributed by atoms with van der Waals surface area (Å²) in [5.41, 5.74) is 0. The van der Waals surface area contributed by atoms with Gasteiger partial charge in [0.05, 0.1) is 25.6 Å². The molecule has 0 saturated heterocycles. The van der Waals surface area contributed by atoms with Crippen LogP contribution in [0.4, 0.5) is 0 Å². The minimum absolute atomic E-state index is 0.165. The lowest BCUT2D eigenvalue weighted by Gasteiger charge is -2.16. The number of hydrogen-bond donors (Lipinski definition) is 0. The van der Waals surface area contributed by atoms with E-state index in [-0.39, 0.29) is 24.3 Å². The van der Waals surface area contributed by atoms with Crippen molar-refractivity contribution in [3.63, 3.8) is 0 Å². The van der Waals surface area contributed by atoms with Gasteiger partial charge in [0.2, 0.25) is 0 Å². The summed E-state index contributed by atoms with van der Waals surface area (Å²) < 4.78 is 10.9. The molecule has 0 aromatic rings. The lowest BCUT2D eigenvalue weighted by atomic mass is 9.97. The van der Waals surface area contributed by atoms with Crippen LogP contribution >= 0.6 is 0 Å². The van der Waals surface area contributed by atoms with Crippen molar-refractivity contribution in [2.75, 3.05) is 13.2 Å². The first-order valence-electron chi connectivity index (χ1n) is 13.0. The van der Waals surface area contributed by atoms with E-state index in [9.17, 15) is 9.59 Å². The molecule has 1 atom stereocenters. The third-order valence-electron chi connectivity index (χ3n) is 5.66. The molecule has 0 bridgehead atoms. The summed E-state index contributed by atoms with van der Waals surface area (Å²) in [6.07, 6.45) is 19.3. The normalized spacial score (nSPS) is 12.0. The number of ether oxygens (including phenoxy) is 2. The quantitative estimate of drug-likeness (QED) is 0.131. The Morgan fingerprint density at radius 2 is 1.00 bits per heavy atom. The fourth-order valence-corrected chi connectivity index (χ4v) is 3.62. The molecule has 0 spiro atoms. The molecule has 0 rings (SSSR count). The van der Waals surface area contributed by atoms with Crippen molar-refractivity contribution in [3.8, 4) is 0 Å². The molecule has 178 valence electrons. The third-order valence-corrected chi connectivity index (χ3v) is 5.66. The molecule has 0 aliphatic carbocycles. The molecule has 4 nitrogen and oxygen atoms in total. The molecule has 0 N–H and O–H groups in total. The van der Waals surface area contributed by atoms with E-state index in [0.717, 1.165) is 44.9 Å². The van der Waals surface area contributed by atoms with E-state index in [1.807, 2.05) is 0 Å². The topological polar surface area (TPSA) is 52.6 Å². The van der Waals surface area contributed by atoms with Gasteiger partial charge in [-0.15, -0.1) is 0 Å². The van der Waals surface area contributed by atoms with E-state index in [2.05, 4.69) is 20.8 Å². The molecule has 0 aliphatic rings. The van der Waals surface area contributed by atoms with Crippen LogP contribution < -0.4 is 0 Å². The number of rotatable bonds is 22. The molecule has 30 heavy (non-hydrogen) atoms. The Kier molecular flexibility index (Phi) is 21.8. The Hall–Kier alpha value is -1.06. The largest absolute Gasteiger partial charge is 0.466 e. The van der Waals surface area contributed by atoms with Gasteiger partial charge in [-0.1, -0.05) is 111 Å². The van der Waals surface area contributed by atoms with Gasteiger partial charge in [-0.3, -0.25) is 9.59 Å². The molecule has 0 heterocycles. The second-order valence-electron chi connectivity index (χ2n) is 8.67. The van der Waals surface area contributed by atoms with Gasteiger partial charge in [0.25, 0.3) is 0 Å². The average molecular weight is 427 g/mol. The first-order chi connectivity index (χ1) is 14.7. The maximum absolute atomic E-state index is 12.6. The SMILES string of the molecule is CCCCCCCCC(CC(=O)OCCCCCCC)C(=O)OCCCCCCC. The van der Waals surface area contributed by atoms with Crippen molar-refractivity contribution >= 4 is 11.9 Å². The van der Waals surface area contributed by atoms with E-state index in [0.29, 0.717) is 13.2 Å². The van der Waals surface area contributed by atoms with Gasteiger partial charge < -0.3 is 9.47 Å². The lowest BCUT2D eigenvalue weighted by molar-refractivity contribution is -0.155. The number of hydrogen-bond acceptors (Lipinski definition) is 4. The highest BCUT2D eigenvalue weighted by Crippen LogP contribution is 2.18. The van der Waals surface area contributed by atoms with Gasteiger partial charge in [-0.05, 0) is 19.3 Å². The maximum atomic E-state index is 12.6. The van der Waals surface area contributed by atoms with Crippen LogP contribution in [0.15, 0.2) is 0 Å². The number of carbonyl (C=O) groups excluding carboxylic acids is 2. The molecular formula is C26H50O4. The van der Waals surface area contributed by atoms with Crippen molar-refractivity contribution in [2.24, 2.45) is 5.92 Å². The number of esters is 2. The zero-order valence-corrected chi connectivity index (χ0v) is 20.4. The summed E-state index contributed by atoms with van der Waals surface area (Å²) in [6.45, 7) is 7.54. The summed E-state index contributed by atoms with van der Waals surface area (Å²) in [5.74, 6) is -0.806. The molecule has 0 fully saturated rings. The van der Waals surface area contributed by atoms with Gasteiger partial charge in [0, 0.05) is 0 Å². The Labute approximate surface area is 186 Å². The second-order valence-corrected chi connectivity index (χ2v) is 8.67. The van der Waals surface area contributed by atoms with Crippen molar-refractivity contribution in [3.05, 3.63) is 0 Å². The molecular weight excluding hydrogens is 376 g/mol. The average Bonchev–Trinajstić information content (AvgIpc) is 2.74. The standard InChI is InChI=1S/C26H50O4/c1-4-7-10-13-14-17-20-24(26(28)30-22-19-16-12-9-6-3)23-25(27)29-21-18-15-11-8-5-2/h24H,4-23H2,1-3H3. The summed E-state index contributed by atoms with van der Waals surface area (Å²) in [7, 11) is 0. The van der Waals surface area contributed by atoms with Crippen LogP contribution in [0, 0.1) is 5.92 Å². The van der Waals surface area contributed by atoms with Crippen LogP contribution in [0.5, 0.6) is 0 Å². The highest BCUT2D eigenvalue weighted by atomic mass is 16.5. The molecule has 0 amide bonds. The van der Waals surface area contributed by atoms with Gasteiger partial charge in [0.15, 0.2) is 0 Å². The van der Waals surface area contributed by atoms with Crippen molar-refractivity contribution in [1.82, 2.24) is 0 Å². The van der Waals surface area contributed by atoms with Crippen LogP contribution in [0.1, 0.15) is 136 Å². The first kappa shape index (κ1) is 28.9. The fourth-order valence-electron chi connectivity index (χ4n) is 3.62. The van der Waals surface area contributed by atoms with Gasteiger partial charge >= 0.3 is 11.9 Å². The first-order valence-corrected chi connectivity index (χ1v) is 13.0. The number of carbonyl (C=O) groups is 2. The minimum Gasteiger partial charge on any atom is -0.466 e. The van der Waals surface area contributed by atoms with Crippen LogP contribution in [-0.4, -0.2) is 25.2 Å². The number of unbranched alkanes of at least 4 members (excludes halogenated alkanes) is 13. The minimum atomic E-state index is -0.348. The second kappa shape index (κ2) is 22.6. The van der Waals surface area contributed by atoms with E-state index in [1.54, 1.807) is 0 Å². The molecule has 0 saturated carbocycles. The molecule has 0 radical (unpaired) electrons. The summed E-state index contributed by atoms with van der Waals surface area (Å²) in [4.78, 5) is 24.8. The smallest absolute Gasteiger partial charge is 0.309 e. The third kappa shape index (κ3) is 18.9. The zero-order chi connectivity index (χ0) is 22.3. The van der Waals surface area contributed by atoms with E-state index >= 15 is 0 Å². The summed E-state index contributed by atoms with van der Waals surface area (Å²) >= 11 is 0. The Morgan fingerprint density at radius 1 is 0.567 bits per heavy atom. The van der Waals surface area contributed by atoms with Gasteiger partial charge in [-0.25, -0.2) is 0 Å². The molecule has 0 aromatic carbocycles.